The zero-order valence-corrected chi connectivity index (χ0v) is 64.6. The number of carboxylic acid groups (broad SMARTS) is 3. The highest BCUT2D eigenvalue weighted by Crippen LogP contribution is 2.44. The van der Waals surface area contributed by atoms with E-state index in [1.54, 1.807) is 76.3 Å². The fourth-order valence-electron chi connectivity index (χ4n) is 13.8. The molecule has 4 unspecified atom stereocenters. The number of amidine groups is 3. The number of likely N-dealkylation sites (tertiary alicyclic amines) is 3. The van der Waals surface area contributed by atoms with Crippen LogP contribution in [0.4, 0.5) is 39.5 Å². The first kappa shape index (κ1) is 86.5. The van der Waals surface area contributed by atoms with E-state index in [0.29, 0.717) is 66.3 Å². The Morgan fingerprint density at radius 2 is 0.754 bits per heavy atom. The minimum Gasteiger partial charge on any atom is -0.480 e. The maximum absolute atomic E-state index is 14.9. The van der Waals surface area contributed by atoms with E-state index in [-0.39, 0.29) is 95.2 Å². The molecular weight excluding hydrogens is 1580 g/mol. The minimum absolute atomic E-state index is 0.0720. The van der Waals surface area contributed by atoms with Gasteiger partial charge in [0.15, 0.2) is 32.5 Å². The number of rotatable bonds is 27. The summed E-state index contributed by atoms with van der Waals surface area (Å²) in [6.07, 6.45) is -3.64. The summed E-state index contributed by atoms with van der Waals surface area (Å²) in [4.78, 5) is 104. The average molecular weight is 1660 g/mol. The third-order valence-corrected chi connectivity index (χ3v) is 21.2. The first-order chi connectivity index (χ1) is 54.2. The van der Waals surface area contributed by atoms with Gasteiger partial charge in [0.05, 0.1) is 49.6 Å². The SMILES string of the molecule is CCOC(=O)C1=C(CN2CC(F)C(OCC(=O)O)C(F)C2)NC(c2nccs2)=N[C@@]1(C)c1ccc(F)cc1.CCOC(=O)C1=C(CN2CCC(OCC(=O)O)C(F)(F)C2)NC(c2nccs2)=N[C@@]1(C)c1ccc(F)cc1.CCOC(=O)C1=C(CN2CCC(OCC(=O)O)C(F)(F)C2)NC(c2nccs2)=N[C@]1(C)c1ccc(F)cc1. The smallest absolute Gasteiger partial charge is 0.338 e. The number of nitrogens with one attached hydrogen (secondary N) is 3. The molecule has 3 aromatic carbocycles. The molecule has 6 aliphatic rings. The van der Waals surface area contributed by atoms with Crippen LogP contribution in [0.25, 0.3) is 0 Å². The summed E-state index contributed by atoms with van der Waals surface area (Å²) >= 11 is 3.91. The van der Waals surface area contributed by atoms with E-state index in [0.717, 1.165) is 0 Å². The Balaban J connectivity index is 0.000000181. The van der Waals surface area contributed by atoms with Crippen LogP contribution < -0.4 is 16.0 Å². The zero-order valence-electron chi connectivity index (χ0n) is 62.2. The number of carbonyl (C=O) groups is 6. The minimum atomic E-state index is -3.32. The maximum Gasteiger partial charge on any atom is 0.338 e. The van der Waals surface area contributed by atoms with Crippen molar-refractivity contribution in [2.75, 3.05) is 98.5 Å². The van der Waals surface area contributed by atoms with Crippen molar-refractivity contribution < 1.29 is 112 Å². The molecule has 6 N–H and O–H groups in total. The van der Waals surface area contributed by atoms with Gasteiger partial charge in [-0.3, -0.25) is 14.7 Å². The topological polar surface area (TPSA) is 340 Å². The quantitative estimate of drug-likeness (QED) is 0.0159. The molecule has 0 bridgehead atoms. The van der Waals surface area contributed by atoms with Crippen molar-refractivity contribution in [3.05, 3.63) is 191 Å². The number of ether oxygens (including phenoxy) is 6. The third-order valence-electron chi connectivity index (χ3n) is 18.9. The number of carbonyl (C=O) groups excluding carboxylic acids is 3. The second-order valence-corrected chi connectivity index (χ2v) is 29.7. The van der Waals surface area contributed by atoms with Gasteiger partial charge in [0.25, 0.3) is 11.8 Å². The van der Waals surface area contributed by atoms with Crippen LogP contribution >= 0.6 is 34.0 Å². The number of hydrogen-bond acceptors (Lipinski definition) is 27. The number of halogens is 9. The Labute approximate surface area is 659 Å². The Morgan fingerprint density at radius 3 is 1.02 bits per heavy atom. The highest BCUT2D eigenvalue weighted by atomic mass is 32.1. The van der Waals surface area contributed by atoms with Gasteiger partial charge in [0, 0.05) is 97.6 Å². The van der Waals surface area contributed by atoms with Crippen LogP contribution in [0.5, 0.6) is 0 Å². The molecule has 612 valence electrons. The second kappa shape index (κ2) is 37.6. The van der Waals surface area contributed by atoms with Crippen LogP contribution in [0.1, 0.15) is 86.1 Å². The van der Waals surface area contributed by atoms with Crippen molar-refractivity contribution in [1.82, 2.24) is 45.6 Å². The fraction of sp³-hybridized carbons (Fsp3) is 0.440. The largest absolute Gasteiger partial charge is 0.480 e. The average Bonchev–Trinajstić information content (AvgIpc) is 1.04. The molecule has 12 rings (SSSR count). The first-order valence-corrected chi connectivity index (χ1v) is 38.3. The van der Waals surface area contributed by atoms with E-state index < -0.39 is 145 Å². The molecule has 39 heteroatoms. The van der Waals surface area contributed by atoms with Gasteiger partial charge in [-0.05, 0) is 107 Å². The van der Waals surface area contributed by atoms with E-state index in [2.05, 4.69) is 30.9 Å². The van der Waals surface area contributed by atoms with Gasteiger partial charge in [0.1, 0.15) is 84.5 Å². The predicted octanol–water partition coefficient (Wildman–Crippen LogP) is 9.18. The van der Waals surface area contributed by atoms with Gasteiger partial charge in [-0.2, -0.15) is 0 Å². The Morgan fingerprint density at radius 1 is 0.465 bits per heavy atom. The monoisotopic (exact) mass is 1660 g/mol. The Hall–Kier alpha value is -9.87. The highest BCUT2D eigenvalue weighted by molar-refractivity contribution is 7.12. The molecule has 3 fully saturated rings. The molecule has 3 aromatic heterocycles. The molecule has 0 radical (unpaired) electrons. The van der Waals surface area contributed by atoms with Crippen molar-refractivity contribution in [1.29, 1.82) is 0 Å². The van der Waals surface area contributed by atoms with Crippen molar-refractivity contribution in [3.63, 3.8) is 0 Å². The molecular formula is C75H81F9N12O15S3. The number of thiazole rings is 3. The predicted molar refractivity (Wildman–Crippen MR) is 398 cm³/mol. The lowest BCUT2D eigenvalue weighted by atomic mass is 9.82. The van der Waals surface area contributed by atoms with Crippen molar-refractivity contribution in [2.24, 2.45) is 15.0 Å². The van der Waals surface area contributed by atoms with E-state index in [9.17, 15) is 68.3 Å². The number of alkyl halides is 6. The van der Waals surface area contributed by atoms with E-state index in [1.807, 2.05) is 0 Å². The summed E-state index contributed by atoms with van der Waals surface area (Å²) in [5.41, 5.74) is -1.27. The number of carboxylic acids is 3. The van der Waals surface area contributed by atoms with Crippen molar-refractivity contribution >= 4 is 87.3 Å². The molecule has 0 aliphatic carbocycles. The summed E-state index contributed by atoms with van der Waals surface area (Å²) in [6.45, 7) is 5.90. The van der Waals surface area contributed by atoms with Gasteiger partial charge in [0.2, 0.25) is 0 Å². The second-order valence-electron chi connectivity index (χ2n) is 27.0. The maximum atomic E-state index is 14.9. The molecule has 9 heterocycles. The fourth-order valence-corrected chi connectivity index (χ4v) is 15.6. The van der Waals surface area contributed by atoms with Crippen molar-refractivity contribution in [2.45, 2.75) is 114 Å². The van der Waals surface area contributed by atoms with Crippen LogP contribution in [-0.4, -0.2) is 239 Å². The lowest BCUT2D eigenvalue weighted by Crippen LogP contribution is -2.55. The molecule has 114 heavy (non-hydrogen) atoms. The van der Waals surface area contributed by atoms with Gasteiger partial charge >= 0.3 is 35.8 Å². The number of piperidine rings is 3. The lowest BCUT2D eigenvalue weighted by Gasteiger charge is -2.40. The Kier molecular flexibility index (Phi) is 28.5. The summed E-state index contributed by atoms with van der Waals surface area (Å²) in [6, 6.07) is 16.6. The molecule has 0 saturated carbocycles. The van der Waals surface area contributed by atoms with Gasteiger partial charge in [-0.1, -0.05) is 36.4 Å². The number of esters is 3. The van der Waals surface area contributed by atoms with Crippen LogP contribution in [-0.2, 0) is 73.8 Å². The number of hydrogen-bond donors (Lipinski definition) is 6. The highest BCUT2D eigenvalue weighted by Gasteiger charge is 2.51. The Bertz CT molecular complexity index is 4180. The normalized spacial score (nSPS) is 24.3. The van der Waals surface area contributed by atoms with Crippen LogP contribution in [0.2, 0.25) is 0 Å². The van der Waals surface area contributed by atoms with E-state index in [4.69, 9.17) is 58.7 Å². The number of aromatic nitrogens is 3. The van der Waals surface area contributed by atoms with Gasteiger partial charge < -0.3 is 59.7 Å². The van der Waals surface area contributed by atoms with E-state index >= 15 is 0 Å². The van der Waals surface area contributed by atoms with Crippen molar-refractivity contribution in [3.8, 4) is 0 Å². The summed E-state index contributed by atoms with van der Waals surface area (Å²) < 4.78 is 161. The van der Waals surface area contributed by atoms with Gasteiger partial charge in [-0.25, -0.2) is 98.2 Å². The first-order valence-electron chi connectivity index (χ1n) is 35.7. The molecule has 6 aliphatic heterocycles. The van der Waals surface area contributed by atoms with Crippen LogP contribution in [0.3, 0.4) is 0 Å². The molecule has 27 nitrogen and oxygen atoms in total. The molecule has 0 amide bonds. The third kappa shape index (κ3) is 20.8. The molecule has 0 spiro atoms. The van der Waals surface area contributed by atoms with Crippen LogP contribution in [0.15, 0.2) is 156 Å². The summed E-state index contributed by atoms with van der Waals surface area (Å²) in [5, 5.41) is 42.5. The van der Waals surface area contributed by atoms with Crippen LogP contribution in [0, 0.1) is 17.5 Å². The summed E-state index contributed by atoms with van der Waals surface area (Å²) in [5.74, 6) is -13.1. The number of aliphatic imine (C=N–C) groups is 3. The molecule has 6 aromatic rings. The lowest BCUT2D eigenvalue weighted by molar-refractivity contribution is -0.181. The number of nitrogens with zero attached hydrogens (tertiary/aromatic N) is 9. The molecule has 3 saturated heterocycles. The van der Waals surface area contributed by atoms with Gasteiger partial charge in [-0.15, -0.1) is 34.0 Å². The molecule has 7 atom stereocenters. The standard InChI is InChI=1S/3C25H27F3N4O5S/c2*1-3-36-23(35)20-17(12-32-10-8-18(25(27,28)14-32)37-13-19(33)34)30-21(22-29-9-11-38-22)31-24(20,2)15-4-6-16(26)7-5-15;1-3-36-24(35)20-18(12-32-10-16(27)21(17(28)11-32)37-13-19(33)34)30-22(23-29-8-9-38-23)31-25(20,2)14-4-6-15(26)7-5-14/h2*4-7,9,11,18H,3,8,10,12-14H2,1-2H3,(H,30,31)(H,33,34);4-9,16-17,21H,3,10-13H2,1-2H3,(H,30,31)(H,33,34)/t2*18?,24-;16?,17?,21?,25-/m100/s1. The zero-order chi connectivity index (χ0) is 82.5. The number of benzene rings is 3. The summed E-state index contributed by atoms with van der Waals surface area (Å²) in [7, 11) is 0. The number of aliphatic carboxylic acids is 3. The van der Waals surface area contributed by atoms with E-state index in [1.165, 1.54) is 122 Å².